The van der Waals surface area contributed by atoms with Gasteiger partial charge in [-0.1, -0.05) is 42.5 Å². The first-order valence-electron chi connectivity index (χ1n) is 4.66. The molecule has 1 aromatic heterocycles. The molecule has 0 radical (unpaired) electrons. The van der Waals surface area contributed by atoms with Crippen molar-refractivity contribution < 1.29 is 0 Å². The first-order valence-corrected chi connectivity index (χ1v) is 5.07. The quantitative estimate of drug-likeness (QED) is 0.602. The molecule has 0 aliphatic carbocycles. The molecule has 2 aromatic rings. The van der Waals surface area contributed by atoms with Gasteiger partial charge in [-0.3, -0.25) is 0 Å². The summed E-state index contributed by atoms with van der Waals surface area (Å²) in [5.74, 6) is 0.457. The fourth-order valence-corrected chi connectivity index (χ4v) is 1.62. The minimum atomic E-state index is 0.150. The number of nitrogen functional groups attached to an aromatic ring is 2. The molecule has 16 heavy (non-hydrogen) atoms. The van der Waals surface area contributed by atoms with E-state index in [-0.39, 0.29) is 5.95 Å². The van der Waals surface area contributed by atoms with Crippen molar-refractivity contribution in [2.75, 3.05) is 11.5 Å². The second-order valence-corrected chi connectivity index (χ2v) is 3.63. The monoisotopic (exact) mass is 230 g/mol. The predicted octanol–water partition coefficient (Wildman–Crippen LogP) is 1.41. The lowest BCUT2D eigenvalue weighted by Gasteiger charge is -2.06. The summed E-state index contributed by atoms with van der Waals surface area (Å²) < 4.78 is 0. The largest absolute Gasteiger partial charge is 0.383 e. The lowest BCUT2D eigenvalue weighted by molar-refractivity contribution is 1.19. The molecule has 1 aromatic carbocycles. The van der Waals surface area contributed by atoms with Crippen LogP contribution in [0.15, 0.2) is 36.5 Å². The van der Waals surface area contributed by atoms with E-state index < -0.39 is 0 Å². The molecule has 0 amide bonds. The molecule has 0 spiro atoms. The van der Waals surface area contributed by atoms with E-state index >= 15 is 0 Å². The van der Waals surface area contributed by atoms with Gasteiger partial charge in [-0.25, -0.2) is 4.98 Å². The van der Waals surface area contributed by atoms with Crippen LogP contribution in [-0.4, -0.2) is 14.8 Å². The summed E-state index contributed by atoms with van der Waals surface area (Å²) in [6.45, 7) is 0. The van der Waals surface area contributed by atoms with Crippen molar-refractivity contribution in [1.82, 2.24) is 9.97 Å². The van der Waals surface area contributed by atoms with Crippen molar-refractivity contribution in [1.29, 1.82) is 0 Å². The van der Waals surface area contributed by atoms with Crippen LogP contribution in [0.4, 0.5) is 11.8 Å². The zero-order chi connectivity index (χ0) is 11.5. The van der Waals surface area contributed by atoms with Crippen LogP contribution in [0.5, 0.6) is 0 Å². The number of aromatic nitrogens is 2. The molecule has 0 saturated carbocycles. The van der Waals surface area contributed by atoms with E-state index in [1.54, 1.807) is 6.20 Å². The Morgan fingerprint density at radius 1 is 1.12 bits per heavy atom. The third-order valence-electron chi connectivity index (χ3n) is 2.12. The highest BCUT2D eigenvalue weighted by Gasteiger charge is 2.09. The van der Waals surface area contributed by atoms with Crippen molar-refractivity contribution in [2.24, 2.45) is 0 Å². The number of nitrogens with zero attached hydrogens (tertiary/aromatic N) is 2. The fraction of sp³-hybridized carbons (Fsp3) is 0. The summed E-state index contributed by atoms with van der Waals surface area (Å²) >= 11 is 5.32. The molecular formula is C11H10N4S. The molecule has 0 atom stereocenters. The van der Waals surface area contributed by atoms with Gasteiger partial charge in [0, 0.05) is 6.20 Å². The lowest BCUT2D eigenvalue weighted by Crippen LogP contribution is -2.08. The summed E-state index contributed by atoms with van der Waals surface area (Å²) in [6.07, 6.45) is 1.55. The Morgan fingerprint density at radius 3 is 2.44 bits per heavy atom. The van der Waals surface area contributed by atoms with Crippen molar-refractivity contribution in [3.8, 4) is 0 Å². The summed E-state index contributed by atoms with van der Waals surface area (Å²) in [5, 5.41) is 0. The third kappa shape index (κ3) is 1.99. The Hall–Kier alpha value is -2.01. The third-order valence-corrected chi connectivity index (χ3v) is 2.57. The Kier molecular flexibility index (Phi) is 2.78. The number of anilines is 2. The van der Waals surface area contributed by atoms with Gasteiger partial charge in [0.25, 0.3) is 0 Å². The Bertz CT molecular complexity index is 525. The van der Waals surface area contributed by atoms with Crippen molar-refractivity contribution in [2.45, 2.75) is 0 Å². The zero-order valence-corrected chi connectivity index (χ0v) is 9.24. The fourth-order valence-electron chi connectivity index (χ4n) is 1.33. The molecule has 0 bridgehead atoms. The maximum absolute atomic E-state index is 5.74. The maximum Gasteiger partial charge on any atom is 0.221 e. The van der Waals surface area contributed by atoms with Crippen molar-refractivity contribution in [3.63, 3.8) is 0 Å². The van der Waals surface area contributed by atoms with E-state index in [1.165, 1.54) is 0 Å². The molecule has 0 aliphatic rings. The molecular weight excluding hydrogens is 220 g/mol. The second-order valence-electron chi connectivity index (χ2n) is 3.22. The first-order chi connectivity index (χ1) is 7.68. The van der Waals surface area contributed by atoms with E-state index in [9.17, 15) is 0 Å². The van der Waals surface area contributed by atoms with E-state index in [1.807, 2.05) is 30.3 Å². The van der Waals surface area contributed by atoms with Gasteiger partial charge < -0.3 is 11.5 Å². The summed E-state index contributed by atoms with van der Waals surface area (Å²) in [5.41, 5.74) is 12.7. The van der Waals surface area contributed by atoms with Crippen LogP contribution in [0.1, 0.15) is 11.1 Å². The SMILES string of the molecule is Nc1ncc(C(=S)c2ccccc2)c(N)n1. The molecule has 80 valence electrons. The van der Waals surface area contributed by atoms with Crippen molar-refractivity contribution in [3.05, 3.63) is 47.7 Å². The predicted molar refractivity (Wildman–Crippen MR) is 68.1 cm³/mol. The second kappa shape index (κ2) is 4.24. The molecule has 0 saturated heterocycles. The Labute approximate surface area is 98.3 Å². The van der Waals surface area contributed by atoms with Crippen LogP contribution in [0.3, 0.4) is 0 Å². The highest BCUT2D eigenvalue weighted by Crippen LogP contribution is 2.15. The van der Waals surface area contributed by atoms with Gasteiger partial charge in [0.2, 0.25) is 5.95 Å². The summed E-state index contributed by atoms with van der Waals surface area (Å²) in [6, 6.07) is 9.58. The van der Waals surface area contributed by atoms with Crippen LogP contribution >= 0.6 is 12.2 Å². The number of rotatable bonds is 2. The van der Waals surface area contributed by atoms with Gasteiger partial charge in [0.05, 0.1) is 10.4 Å². The number of hydrogen-bond acceptors (Lipinski definition) is 5. The summed E-state index contributed by atoms with van der Waals surface area (Å²) in [7, 11) is 0. The molecule has 1 heterocycles. The average molecular weight is 230 g/mol. The van der Waals surface area contributed by atoms with Crippen LogP contribution in [0, 0.1) is 0 Å². The highest BCUT2D eigenvalue weighted by atomic mass is 32.1. The first kappa shape index (κ1) is 10.5. The smallest absolute Gasteiger partial charge is 0.221 e. The number of hydrogen-bond donors (Lipinski definition) is 2. The van der Waals surface area contributed by atoms with Crippen LogP contribution in [0.25, 0.3) is 0 Å². The van der Waals surface area contributed by atoms with Gasteiger partial charge >= 0.3 is 0 Å². The lowest BCUT2D eigenvalue weighted by atomic mass is 10.1. The highest BCUT2D eigenvalue weighted by molar-refractivity contribution is 7.81. The minimum Gasteiger partial charge on any atom is -0.383 e. The van der Waals surface area contributed by atoms with E-state index in [2.05, 4.69) is 9.97 Å². The van der Waals surface area contributed by atoms with Crippen molar-refractivity contribution >= 4 is 28.8 Å². The number of nitrogens with two attached hydrogens (primary N) is 2. The normalized spacial score (nSPS) is 10.0. The zero-order valence-electron chi connectivity index (χ0n) is 8.42. The standard InChI is InChI=1S/C11H10N4S/c12-10-8(6-14-11(13)15-10)9(16)7-4-2-1-3-5-7/h1-6H,(H4,12,13,14,15). The molecule has 4 nitrogen and oxygen atoms in total. The van der Waals surface area contributed by atoms with Gasteiger partial charge in [0.1, 0.15) is 5.82 Å². The molecule has 2 rings (SSSR count). The van der Waals surface area contributed by atoms with E-state index in [0.717, 1.165) is 5.56 Å². The maximum atomic E-state index is 5.74. The average Bonchev–Trinajstić information content (AvgIpc) is 2.29. The van der Waals surface area contributed by atoms with Crippen LogP contribution in [0.2, 0.25) is 0 Å². The van der Waals surface area contributed by atoms with Crippen LogP contribution < -0.4 is 11.5 Å². The Morgan fingerprint density at radius 2 is 1.81 bits per heavy atom. The van der Waals surface area contributed by atoms with Gasteiger partial charge in [-0.05, 0) is 5.56 Å². The number of thiocarbonyl (C=S) groups is 1. The molecule has 0 aliphatic heterocycles. The molecule has 5 heteroatoms. The molecule has 0 fully saturated rings. The van der Waals surface area contributed by atoms with E-state index in [0.29, 0.717) is 16.2 Å². The van der Waals surface area contributed by atoms with E-state index in [4.69, 9.17) is 23.7 Å². The minimum absolute atomic E-state index is 0.150. The molecule has 0 unspecified atom stereocenters. The van der Waals surface area contributed by atoms with Gasteiger partial charge in [-0.2, -0.15) is 4.98 Å². The number of benzene rings is 1. The van der Waals surface area contributed by atoms with Gasteiger partial charge in [0.15, 0.2) is 0 Å². The Balaban J connectivity index is 2.42. The van der Waals surface area contributed by atoms with Gasteiger partial charge in [-0.15, -0.1) is 0 Å². The molecule has 4 N–H and O–H groups in total. The topological polar surface area (TPSA) is 77.8 Å². The summed E-state index contributed by atoms with van der Waals surface area (Å²) in [4.78, 5) is 8.39. The van der Waals surface area contributed by atoms with Crippen LogP contribution in [-0.2, 0) is 0 Å².